The molecule has 0 bridgehead atoms. The Hall–Kier alpha value is -3.26. The molecule has 2 aliphatic rings. The van der Waals surface area contributed by atoms with Gasteiger partial charge in [0.1, 0.15) is 5.01 Å². The van der Waals surface area contributed by atoms with Crippen molar-refractivity contribution in [3.05, 3.63) is 48.0 Å². The van der Waals surface area contributed by atoms with Crippen LogP contribution in [0.5, 0.6) is 0 Å². The summed E-state index contributed by atoms with van der Waals surface area (Å²) in [5, 5.41) is 3.70. The van der Waals surface area contributed by atoms with Gasteiger partial charge >= 0.3 is 5.97 Å². The molecular weight excluding hydrogens is 450 g/mol. The first kappa shape index (κ1) is 22.5. The molecule has 1 saturated heterocycles. The van der Waals surface area contributed by atoms with E-state index < -0.39 is 0 Å². The third-order valence-corrected chi connectivity index (χ3v) is 7.44. The average Bonchev–Trinajstić information content (AvgIpc) is 3.62. The van der Waals surface area contributed by atoms with Crippen molar-refractivity contribution in [1.82, 2.24) is 9.88 Å². The Morgan fingerprint density at radius 2 is 1.76 bits per heavy atom. The van der Waals surface area contributed by atoms with Crippen LogP contribution in [0, 0.1) is 18.8 Å². The number of ether oxygens (including phenoxy) is 1. The van der Waals surface area contributed by atoms with Gasteiger partial charge in [-0.15, -0.1) is 11.3 Å². The number of likely N-dealkylation sites (tertiary alicyclic amines) is 1. The van der Waals surface area contributed by atoms with Crippen molar-refractivity contribution < 1.29 is 19.1 Å². The predicted octanol–water partition coefficient (Wildman–Crippen LogP) is 4.40. The second kappa shape index (κ2) is 9.54. The van der Waals surface area contributed by atoms with Gasteiger partial charge in [0.05, 0.1) is 16.1 Å². The van der Waals surface area contributed by atoms with Gasteiger partial charge in [0.15, 0.2) is 6.61 Å². The van der Waals surface area contributed by atoms with Crippen LogP contribution in [0.25, 0.3) is 20.8 Å². The van der Waals surface area contributed by atoms with Crippen molar-refractivity contribution in [1.29, 1.82) is 0 Å². The van der Waals surface area contributed by atoms with E-state index in [1.165, 1.54) is 5.56 Å². The van der Waals surface area contributed by atoms with Gasteiger partial charge < -0.3 is 15.0 Å². The molecule has 0 unspecified atom stereocenters. The zero-order chi connectivity index (χ0) is 23.7. The molecule has 0 radical (unpaired) electrons. The summed E-state index contributed by atoms with van der Waals surface area (Å²) in [4.78, 5) is 43.3. The maximum atomic E-state index is 12.4. The highest BCUT2D eigenvalue weighted by Gasteiger charge is 2.36. The smallest absolute Gasteiger partial charge is 0.309 e. The Kier molecular flexibility index (Phi) is 6.32. The van der Waals surface area contributed by atoms with Crippen LogP contribution in [-0.2, 0) is 19.1 Å². The number of benzene rings is 2. The van der Waals surface area contributed by atoms with Crippen molar-refractivity contribution in [3.8, 4) is 10.6 Å². The number of rotatable bonds is 6. The van der Waals surface area contributed by atoms with Gasteiger partial charge in [-0.05, 0) is 74.6 Å². The number of thiazole rings is 1. The monoisotopic (exact) mass is 477 g/mol. The second-order valence-corrected chi connectivity index (χ2v) is 10.1. The van der Waals surface area contributed by atoms with Gasteiger partial charge in [-0.2, -0.15) is 0 Å². The molecule has 2 amide bonds. The molecule has 5 rings (SSSR count). The molecule has 8 heteroatoms. The first-order valence-corrected chi connectivity index (χ1v) is 12.5. The fourth-order valence-electron chi connectivity index (χ4n) is 4.23. The largest absolute Gasteiger partial charge is 0.455 e. The quantitative estimate of drug-likeness (QED) is 0.532. The number of piperidine rings is 1. The molecule has 2 fully saturated rings. The number of fused-ring (bicyclic) bond motifs is 1. The molecule has 3 aromatic rings. The zero-order valence-corrected chi connectivity index (χ0v) is 19.9. The lowest BCUT2D eigenvalue weighted by molar-refractivity contribution is -0.154. The van der Waals surface area contributed by atoms with Gasteiger partial charge in [-0.3, -0.25) is 14.4 Å². The standard InChI is InChI=1S/C26H27N3O4S/c1-16-2-9-21-22(14-16)34-24(28-21)17-5-7-20(8-6-17)27-23(30)15-33-26(32)19-10-12-29(13-11-19)25(31)18-3-4-18/h2,5-9,14,18-19H,3-4,10-13,15H2,1H3,(H,27,30). The predicted molar refractivity (Wildman–Crippen MR) is 131 cm³/mol. The number of esters is 1. The van der Waals surface area contributed by atoms with Crippen molar-refractivity contribution >= 4 is 45.0 Å². The van der Waals surface area contributed by atoms with Crippen LogP contribution in [-0.4, -0.2) is 47.4 Å². The van der Waals surface area contributed by atoms with E-state index in [0.29, 0.717) is 31.6 Å². The summed E-state index contributed by atoms with van der Waals surface area (Å²) < 4.78 is 6.39. The van der Waals surface area contributed by atoms with Crippen LogP contribution in [0.3, 0.4) is 0 Å². The van der Waals surface area contributed by atoms with Gasteiger partial charge in [-0.1, -0.05) is 6.07 Å². The average molecular weight is 478 g/mol. The summed E-state index contributed by atoms with van der Waals surface area (Å²) in [6.45, 7) is 2.91. The molecule has 1 saturated carbocycles. The number of nitrogens with zero attached hydrogens (tertiary/aromatic N) is 2. The lowest BCUT2D eigenvalue weighted by Gasteiger charge is -2.31. The Morgan fingerprint density at radius 3 is 2.47 bits per heavy atom. The van der Waals surface area contributed by atoms with E-state index in [2.05, 4.69) is 29.4 Å². The molecule has 2 heterocycles. The number of hydrogen-bond acceptors (Lipinski definition) is 6. The van der Waals surface area contributed by atoms with E-state index in [1.54, 1.807) is 11.3 Å². The number of carbonyl (C=O) groups excluding carboxylic acids is 3. The molecule has 0 spiro atoms. The SMILES string of the molecule is Cc1ccc2nc(-c3ccc(NC(=O)COC(=O)C4CCN(C(=O)C5CC5)CC4)cc3)sc2c1. The number of nitrogens with one attached hydrogen (secondary N) is 1. The first-order chi connectivity index (χ1) is 16.5. The number of hydrogen-bond donors (Lipinski definition) is 1. The maximum Gasteiger partial charge on any atom is 0.309 e. The fourth-order valence-corrected chi connectivity index (χ4v) is 5.30. The van der Waals surface area contributed by atoms with Crippen LogP contribution >= 0.6 is 11.3 Å². The summed E-state index contributed by atoms with van der Waals surface area (Å²) in [6, 6.07) is 13.7. The van der Waals surface area contributed by atoms with E-state index in [4.69, 9.17) is 4.74 Å². The summed E-state index contributed by atoms with van der Waals surface area (Å²) in [7, 11) is 0. The van der Waals surface area contributed by atoms with Crippen molar-refractivity contribution in [2.45, 2.75) is 32.6 Å². The highest BCUT2D eigenvalue weighted by molar-refractivity contribution is 7.21. The zero-order valence-electron chi connectivity index (χ0n) is 19.1. The topological polar surface area (TPSA) is 88.6 Å². The summed E-state index contributed by atoms with van der Waals surface area (Å²) in [6.07, 6.45) is 3.15. The maximum absolute atomic E-state index is 12.4. The highest BCUT2D eigenvalue weighted by Crippen LogP contribution is 2.33. The highest BCUT2D eigenvalue weighted by atomic mass is 32.1. The van der Waals surface area contributed by atoms with Crippen LogP contribution in [0.15, 0.2) is 42.5 Å². The van der Waals surface area contributed by atoms with E-state index >= 15 is 0 Å². The van der Waals surface area contributed by atoms with Crippen molar-refractivity contribution in [2.75, 3.05) is 25.0 Å². The number of aromatic nitrogens is 1. The third-order valence-electron chi connectivity index (χ3n) is 6.37. The normalized spacial score (nSPS) is 16.4. The first-order valence-electron chi connectivity index (χ1n) is 11.7. The minimum atomic E-state index is -0.377. The van der Waals surface area contributed by atoms with Crippen LogP contribution in [0.4, 0.5) is 5.69 Å². The van der Waals surface area contributed by atoms with Gasteiger partial charge in [0.2, 0.25) is 5.91 Å². The van der Waals surface area contributed by atoms with Crippen LogP contribution in [0.2, 0.25) is 0 Å². The molecular formula is C26H27N3O4S. The summed E-state index contributed by atoms with van der Waals surface area (Å²) in [5.41, 5.74) is 3.80. The molecule has 1 aromatic heterocycles. The molecule has 34 heavy (non-hydrogen) atoms. The van der Waals surface area contributed by atoms with Gasteiger partial charge in [-0.25, -0.2) is 4.98 Å². The van der Waals surface area contributed by atoms with Gasteiger partial charge in [0, 0.05) is 30.3 Å². The molecule has 1 N–H and O–H groups in total. The summed E-state index contributed by atoms with van der Waals surface area (Å²) >= 11 is 1.64. The van der Waals surface area contributed by atoms with Gasteiger partial charge in [0.25, 0.3) is 5.91 Å². The number of carbonyl (C=O) groups is 3. The second-order valence-electron chi connectivity index (χ2n) is 9.10. The minimum Gasteiger partial charge on any atom is -0.455 e. The Balaban J connectivity index is 1.09. The van der Waals surface area contributed by atoms with E-state index in [9.17, 15) is 14.4 Å². The number of aryl methyl sites for hydroxylation is 1. The minimum absolute atomic E-state index is 0.201. The summed E-state index contributed by atoms with van der Waals surface area (Å²) in [5.74, 6) is -0.580. The molecule has 176 valence electrons. The van der Waals surface area contributed by atoms with Crippen molar-refractivity contribution in [2.24, 2.45) is 11.8 Å². The molecule has 2 aromatic carbocycles. The Morgan fingerprint density at radius 1 is 1.03 bits per heavy atom. The molecule has 1 aliphatic carbocycles. The fraction of sp³-hybridized carbons (Fsp3) is 0.385. The number of amides is 2. The number of anilines is 1. The van der Waals surface area contributed by atoms with E-state index in [-0.39, 0.29) is 36.2 Å². The lowest BCUT2D eigenvalue weighted by atomic mass is 9.97. The van der Waals surface area contributed by atoms with Crippen molar-refractivity contribution in [3.63, 3.8) is 0 Å². The van der Waals surface area contributed by atoms with Crippen LogP contribution < -0.4 is 5.32 Å². The Bertz CT molecular complexity index is 1220. The third kappa shape index (κ3) is 5.12. The molecule has 0 atom stereocenters. The van der Waals surface area contributed by atoms with E-state index in [0.717, 1.165) is 33.6 Å². The van der Waals surface area contributed by atoms with Crippen LogP contribution in [0.1, 0.15) is 31.2 Å². The van der Waals surface area contributed by atoms with E-state index in [1.807, 2.05) is 35.2 Å². The molecule has 7 nitrogen and oxygen atoms in total. The lowest BCUT2D eigenvalue weighted by Crippen LogP contribution is -2.41. The Labute approximate surface area is 202 Å². The molecule has 1 aliphatic heterocycles.